The highest BCUT2D eigenvalue weighted by Crippen LogP contribution is 2.69. The molecule has 3 N–H and O–H groups in total. The SMILES string of the molecule is CCC(C)(C)[C@@H](C)CC[C@@H](C)[C@H]1CC[C@H]2[C@@H]3CC(OS(=O)(=O)O)C4CC(OS(=O)(=O)O)C(OS(=O)(=O)O)C[C@]4(C)[C@H]3CC[C@]12C. The first-order chi connectivity index (χ1) is 20.4. The van der Waals surface area contributed by atoms with Crippen LogP contribution in [0, 0.1) is 57.7 Å². The predicted molar refractivity (Wildman–Crippen MR) is 167 cm³/mol. The van der Waals surface area contributed by atoms with Gasteiger partial charge in [-0.1, -0.05) is 61.3 Å². The average Bonchev–Trinajstić information content (AvgIpc) is 3.23. The molecule has 0 spiro atoms. The van der Waals surface area contributed by atoms with Crippen LogP contribution in [-0.4, -0.2) is 57.2 Å². The Bertz CT molecular complexity index is 1400. The van der Waals surface area contributed by atoms with Gasteiger partial charge in [-0.25, -0.2) is 12.5 Å². The first kappa shape index (κ1) is 37.4. The van der Waals surface area contributed by atoms with Crippen molar-refractivity contribution in [1.82, 2.24) is 0 Å². The molecule has 4 fully saturated rings. The molecule has 12 nitrogen and oxygen atoms in total. The third-order valence-corrected chi connectivity index (χ3v) is 14.9. The highest BCUT2D eigenvalue weighted by molar-refractivity contribution is 7.81. The van der Waals surface area contributed by atoms with Crippen molar-refractivity contribution in [3.8, 4) is 0 Å². The summed E-state index contributed by atoms with van der Waals surface area (Å²) in [6.07, 6.45) is 3.06. The van der Waals surface area contributed by atoms with Gasteiger partial charge in [-0.2, -0.15) is 25.3 Å². The fourth-order valence-electron chi connectivity index (χ4n) is 10.5. The number of hydrogen-bond acceptors (Lipinski definition) is 9. The zero-order chi connectivity index (χ0) is 34.0. The van der Waals surface area contributed by atoms with Gasteiger partial charge in [-0.15, -0.1) is 0 Å². The van der Waals surface area contributed by atoms with Crippen molar-refractivity contribution < 1.29 is 51.5 Å². The second-order valence-electron chi connectivity index (χ2n) is 15.9. The molecule has 0 bridgehead atoms. The Hall–Kier alpha value is -0.390. The van der Waals surface area contributed by atoms with E-state index in [0.29, 0.717) is 24.2 Å². The molecule has 12 atom stereocenters. The molecule has 4 rings (SSSR count). The second kappa shape index (κ2) is 12.8. The Morgan fingerprint density at radius 1 is 0.733 bits per heavy atom. The van der Waals surface area contributed by atoms with Crippen LogP contribution in [0.4, 0.5) is 0 Å². The lowest BCUT2D eigenvalue weighted by atomic mass is 9.43. The van der Waals surface area contributed by atoms with E-state index in [0.717, 1.165) is 44.9 Å². The molecule has 0 aliphatic heterocycles. The quantitative estimate of drug-likeness (QED) is 0.204. The Balaban J connectivity index is 1.65. The van der Waals surface area contributed by atoms with Gasteiger partial charge in [-0.05, 0) is 109 Å². The van der Waals surface area contributed by atoms with Crippen LogP contribution in [0.1, 0.15) is 113 Å². The van der Waals surface area contributed by atoms with E-state index >= 15 is 0 Å². The molecule has 0 aromatic rings. The monoisotopic (exact) mass is 702 g/mol. The third-order valence-electron chi connectivity index (χ3n) is 13.4. The van der Waals surface area contributed by atoms with Crippen molar-refractivity contribution >= 4 is 31.2 Å². The van der Waals surface area contributed by atoms with Crippen molar-refractivity contribution in [2.24, 2.45) is 57.7 Å². The summed E-state index contributed by atoms with van der Waals surface area (Å²) in [6.45, 7) is 15.8. The second-order valence-corrected chi connectivity index (χ2v) is 19.0. The maximum absolute atomic E-state index is 12.1. The molecule has 15 heteroatoms. The van der Waals surface area contributed by atoms with E-state index in [1.807, 2.05) is 6.92 Å². The molecule has 4 saturated carbocycles. The molecule has 0 aromatic heterocycles. The summed E-state index contributed by atoms with van der Waals surface area (Å²) in [5.74, 6) is 1.13. The van der Waals surface area contributed by atoms with Crippen LogP contribution in [0.2, 0.25) is 0 Å². The standard InChI is InChI=1S/C30H54O12S3/c1-8-28(4,5)19(3)10-9-18(2)21-11-12-22-20-15-25(40-43(31,32)33)24-16-26(41-44(34,35)36)27(42-45(37,38)39)17-30(24,7)23(20)13-14-29(21,22)6/h18-27H,8-17H2,1-7H3,(H,31,32,33)(H,34,35,36)(H,37,38,39)/t18-,19+,20+,21-,22+,23+,24?,25?,26?,27?,29-,30-/m1/s1. The summed E-state index contributed by atoms with van der Waals surface area (Å²) >= 11 is 0. The summed E-state index contributed by atoms with van der Waals surface area (Å²) in [4.78, 5) is 0. The smallest absolute Gasteiger partial charge is 0.264 e. The van der Waals surface area contributed by atoms with E-state index in [9.17, 15) is 38.9 Å². The van der Waals surface area contributed by atoms with Crippen molar-refractivity contribution in [3.05, 3.63) is 0 Å². The highest BCUT2D eigenvalue weighted by atomic mass is 32.3. The molecule has 0 heterocycles. The Morgan fingerprint density at radius 2 is 1.27 bits per heavy atom. The molecule has 0 aromatic carbocycles. The van der Waals surface area contributed by atoms with Crippen LogP contribution in [0.25, 0.3) is 0 Å². The minimum atomic E-state index is -5.07. The Labute approximate surface area is 270 Å². The molecule has 4 aliphatic rings. The van der Waals surface area contributed by atoms with Gasteiger partial charge < -0.3 is 0 Å². The van der Waals surface area contributed by atoms with Gasteiger partial charge in [0.05, 0.1) is 6.10 Å². The molecule has 45 heavy (non-hydrogen) atoms. The average molecular weight is 703 g/mol. The summed E-state index contributed by atoms with van der Waals surface area (Å²) in [5, 5.41) is 0. The lowest BCUT2D eigenvalue weighted by molar-refractivity contribution is -0.184. The lowest BCUT2D eigenvalue weighted by Crippen LogP contribution is -2.62. The fourth-order valence-corrected chi connectivity index (χ4v) is 12.0. The molecule has 264 valence electrons. The summed E-state index contributed by atoms with van der Waals surface area (Å²) in [5.41, 5.74) is -0.539. The topological polar surface area (TPSA) is 191 Å². The molecular formula is C30H54O12S3. The van der Waals surface area contributed by atoms with Gasteiger partial charge in [0.2, 0.25) is 0 Å². The van der Waals surface area contributed by atoms with Crippen LogP contribution < -0.4 is 0 Å². The van der Waals surface area contributed by atoms with Crippen LogP contribution >= 0.6 is 0 Å². The number of rotatable bonds is 12. The maximum atomic E-state index is 12.1. The fraction of sp³-hybridized carbons (Fsp3) is 1.00. The number of fused-ring (bicyclic) bond motifs is 5. The van der Waals surface area contributed by atoms with Crippen LogP contribution in [0.3, 0.4) is 0 Å². The zero-order valence-electron chi connectivity index (χ0n) is 27.6. The first-order valence-electron chi connectivity index (χ1n) is 16.4. The van der Waals surface area contributed by atoms with Gasteiger partial charge in [0.15, 0.2) is 0 Å². The Kier molecular flexibility index (Phi) is 10.7. The van der Waals surface area contributed by atoms with Gasteiger partial charge in [0.1, 0.15) is 12.2 Å². The first-order valence-corrected chi connectivity index (χ1v) is 20.5. The van der Waals surface area contributed by atoms with E-state index in [-0.39, 0.29) is 41.4 Å². The van der Waals surface area contributed by atoms with Crippen LogP contribution in [-0.2, 0) is 43.7 Å². The van der Waals surface area contributed by atoms with E-state index in [1.54, 1.807) is 0 Å². The molecular weight excluding hydrogens is 649 g/mol. The Morgan fingerprint density at radius 3 is 1.82 bits per heavy atom. The van der Waals surface area contributed by atoms with E-state index in [2.05, 4.69) is 41.5 Å². The minimum Gasteiger partial charge on any atom is -0.264 e. The highest BCUT2D eigenvalue weighted by Gasteiger charge is 2.65. The largest absolute Gasteiger partial charge is 0.397 e. The van der Waals surface area contributed by atoms with Crippen molar-refractivity contribution in [2.75, 3.05) is 0 Å². The summed E-state index contributed by atoms with van der Waals surface area (Å²) < 4.78 is 115. The third kappa shape index (κ3) is 8.09. The molecule has 0 amide bonds. The van der Waals surface area contributed by atoms with Crippen molar-refractivity contribution in [3.63, 3.8) is 0 Å². The lowest BCUT2D eigenvalue weighted by Gasteiger charge is -2.63. The zero-order valence-corrected chi connectivity index (χ0v) is 30.0. The summed E-state index contributed by atoms with van der Waals surface area (Å²) in [6, 6.07) is 0. The normalized spacial score (nSPS) is 40.7. The van der Waals surface area contributed by atoms with Gasteiger partial charge in [0.25, 0.3) is 0 Å². The van der Waals surface area contributed by atoms with E-state index in [4.69, 9.17) is 12.5 Å². The van der Waals surface area contributed by atoms with E-state index < -0.39 is 60.8 Å². The van der Waals surface area contributed by atoms with Gasteiger partial charge >= 0.3 is 31.2 Å². The molecule has 4 unspecified atom stereocenters. The predicted octanol–water partition coefficient (Wildman–Crippen LogP) is 5.92. The van der Waals surface area contributed by atoms with Crippen LogP contribution in [0.5, 0.6) is 0 Å². The molecule has 4 aliphatic carbocycles. The van der Waals surface area contributed by atoms with Crippen molar-refractivity contribution in [1.29, 1.82) is 0 Å². The maximum Gasteiger partial charge on any atom is 0.397 e. The summed E-state index contributed by atoms with van der Waals surface area (Å²) in [7, 11) is -15.0. The molecule has 0 saturated heterocycles. The minimum absolute atomic E-state index is 0.00248. The van der Waals surface area contributed by atoms with Gasteiger partial charge in [0, 0.05) is 0 Å². The molecule has 0 radical (unpaired) electrons. The number of hydrogen-bond donors (Lipinski definition) is 3. The van der Waals surface area contributed by atoms with Gasteiger partial charge in [-0.3, -0.25) is 13.7 Å². The van der Waals surface area contributed by atoms with Crippen molar-refractivity contribution in [2.45, 2.75) is 131 Å². The van der Waals surface area contributed by atoms with Crippen LogP contribution in [0.15, 0.2) is 0 Å². The van der Waals surface area contributed by atoms with E-state index in [1.165, 1.54) is 0 Å².